The summed E-state index contributed by atoms with van der Waals surface area (Å²) in [5.41, 5.74) is 11.9. The van der Waals surface area contributed by atoms with Gasteiger partial charge in [-0.25, -0.2) is 13.4 Å². The van der Waals surface area contributed by atoms with Crippen LogP contribution in [0.2, 0.25) is 0 Å². The van der Waals surface area contributed by atoms with Crippen LogP contribution in [-0.4, -0.2) is 37.2 Å². The van der Waals surface area contributed by atoms with E-state index < -0.39 is 10.0 Å². The van der Waals surface area contributed by atoms with Gasteiger partial charge >= 0.3 is 0 Å². The maximum Gasteiger partial charge on any atom is 0.255 e. The minimum absolute atomic E-state index is 0.0705. The van der Waals surface area contributed by atoms with E-state index in [9.17, 15) is 13.2 Å². The highest BCUT2D eigenvalue weighted by Gasteiger charge is 2.40. The number of aryl methyl sites for hydroxylation is 1. The molecule has 1 aromatic heterocycles. The molecule has 2 heterocycles. The van der Waals surface area contributed by atoms with Crippen LogP contribution in [0.25, 0.3) is 5.70 Å². The summed E-state index contributed by atoms with van der Waals surface area (Å²) in [6.07, 6.45) is 6.82. The number of ether oxygens (including phenoxy) is 1. The SMILES string of the molecule is COc1c(NC(=O)c2ccc(C)c(N3C=C(c4cnc(C(C)C)n4C)NN3)c2)cc(C2(C)CC2)cc1NS(C)(=O)=O. The second-order valence-corrected chi connectivity index (χ2v) is 13.1. The first-order valence-corrected chi connectivity index (χ1v) is 15.4. The Kier molecular flexibility index (Phi) is 7.24. The summed E-state index contributed by atoms with van der Waals surface area (Å²) < 4.78 is 34.3. The molecule has 4 N–H and O–H groups in total. The number of sulfonamides is 1. The molecule has 1 aliphatic heterocycles. The maximum atomic E-state index is 13.5. The van der Waals surface area contributed by atoms with Crippen molar-refractivity contribution < 1.29 is 17.9 Å². The summed E-state index contributed by atoms with van der Waals surface area (Å²) in [6.45, 7) is 8.30. The van der Waals surface area contributed by atoms with Crippen molar-refractivity contribution in [2.24, 2.45) is 7.05 Å². The number of imidazole rings is 1. The number of amides is 1. The molecule has 0 atom stereocenters. The van der Waals surface area contributed by atoms with E-state index in [0.717, 1.165) is 53.1 Å². The monoisotopic (exact) mass is 579 g/mol. The van der Waals surface area contributed by atoms with Gasteiger partial charge in [0.15, 0.2) is 5.75 Å². The number of rotatable bonds is 9. The van der Waals surface area contributed by atoms with Crippen LogP contribution in [0, 0.1) is 6.92 Å². The van der Waals surface area contributed by atoms with Gasteiger partial charge in [-0.15, -0.1) is 5.53 Å². The number of nitrogens with one attached hydrogen (secondary N) is 4. The summed E-state index contributed by atoms with van der Waals surface area (Å²) >= 11 is 0. The van der Waals surface area contributed by atoms with E-state index >= 15 is 0 Å². The van der Waals surface area contributed by atoms with Gasteiger partial charge in [-0.05, 0) is 60.6 Å². The number of benzene rings is 2. The van der Waals surface area contributed by atoms with E-state index in [1.165, 1.54) is 7.11 Å². The molecule has 218 valence electrons. The van der Waals surface area contributed by atoms with Crippen LogP contribution in [0.3, 0.4) is 0 Å². The number of anilines is 3. The highest BCUT2D eigenvalue weighted by molar-refractivity contribution is 7.92. The molecule has 0 unspecified atom stereocenters. The number of hydrazine groups is 2. The predicted molar refractivity (Wildman–Crippen MR) is 161 cm³/mol. The average Bonchev–Trinajstić information content (AvgIpc) is 3.28. The quantitative estimate of drug-likeness (QED) is 0.294. The van der Waals surface area contributed by atoms with E-state index in [-0.39, 0.29) is 17.1 Å². The first-order valence-electron chi connectivity index (χ1n) is 13.5. The van der Waals surface area contributed by atoms with Crippen molar-refractivity contribution in [2.75, 3.05) is 28.4 Å². The fraction of sp³-hybridized carbons (Fsp3) is 0.379. The van der Waals surface area contributed by atoms with Gasteiger partial charge in [-0.3, -0.25) is 20.0 Å². The number of hydrogen-bond acceptors (Lipinski definition) is 8. The molecular weight excluding hydrogens is 542 g/mol. The topological polar surface area (TPSA) is 130 Å². The Hall–Kier alpha value is -4.03. The lowest BCUT2D eigenvalue weighted by Gasteiger charge is -2.20. The van der Waals surface area contributed by atoms with Gasteiger partial charge in [-0.2, -0.15) is 0 Å². The molecule has 1 saturated carbocycles. The standard InChI is InChI=1S/C29H37N7O4S/c1-17(2)27-30-15-25(35(27)5)23-16-36(34-32-23)24-12-19(9-8-18(24)3)28(37)31-21-13-20(29(4)10-11-29)14-22(26(21)40-6)33-41(7,38)39/h8-9,12-17,32-34H,10-11H2,1-7H3,(H,31,37). The van der Waals surface area contributed by atoms with Crippen molar-refractivity contribution in [2.45, 2.75) is 51.9 Å². The van der Waals surface area contributed by atoms with Crippen LogP contribution in [0.15, 0.2) is 42.7 Å². The fourth-order valence-corrected chi connectivity index (χ4v) is 5.58. The van der Waals surface area contributed by atoms with Gasteiger partial charge in [0, 0.05) is 18.5 Å². The van der Waals surface area contributed by atoms with Crippen molar-refractivity contribution in [1.29, 1.82) is 0 Å². The Morgan fingerprint density at radius 2 is 1.88 bits per heavy atom. The summed E-state index contributed by atoms with van der Waals surface area (Å²) in [6, 6.07) is 9.10. The molecule has 41 heavy (non-hydrogen) atoms. The lowest BCUT2D eigenvalue weighted by atomic mass is 9.96. The molecule has 1 aliphatic carbocycles. The number of nitrogens with zero attached hydrogens (tertiary/aromatic N) is 3. The number of carbonyl (C=O) groups excluding carboxylic acids is 1. The molecule has 0 radical (unpaired) electrons. The van der Waals surface area contributed by atoms with Gasteiger partial charge in [0.05, 0.1) is 54.2 Å². The van der Waals surface area contributed by atoms with Crippen LogP contribution < -0.4 is 30.7 Å². The van der Waals surface area contributed by atoms with Gasteiger partial charge in [0.2, 0.25) is 10.0 Å². The third-order valence-electron chi connectivity index (χ3n) is 7.65. The average molecular weight is 580 g/mol. The molecule has 1 fully saturated rings. The first-order chi connectivity index (χ1) is 19.3. The van der Waals surface area contributed by atoms with Crippen LogP contribution in [0.4, 0.5) is 17.1 Å². The van der Waals surface area contributed by atoms with Gasteiger partial charge in [0.25, 0.3) is 5.91 Å². The third kappa shape index (κ3) is 5.75. The zero-order chi connectivity index (χ0) is 29.7. The van der Waals surface area contributed by atoms with E-state index in [2.05, 4.69) is 51.3 Å². The third-order valence-corrected chi connectivity index (χ3v) is 8.24. The van der Waals surface area contributed by atoms with E-state index in [0.29, 0.717) is 22.9 Å². The lowest BCUT2D eigenvalue weighted by Crippen LogP contribution is -2.36. The molecular formula is C29H37N7O4S. The number of hydrogen-bond donors (Lipinski definition) is 4. The Bertz CT molecular complexity index is 1660. The minimum Gasteiger partial charge on any atom is -0.492 e. The summed E-state index contributed by atoms with van der Waals surface area (Å²) in [4.78, 5) is 18.1. The Morgan fingerprint density at radius 3 is 2.49 bits per heavy atom. The second kappa shape index (κ2) is 10.4. The van der Waals surface area contributed by atoms with Crippen molar-refractivity contribution in [3.63, 3.8) is 0 Å². The van der Waals surface area contributed by atoms with E-state index in [1.807, 2.05) is 43.5 Å². The van der Waals surface area contributed by atoms with Crippen molar-refractivity contribution in [1.82, 2.24) is 20.5 Å². The molecule has 5 rings (SSSR count). The number of methoxy groups -OCH3 is 1. The van der Waals surface area contributed by atoms with Gasteiger partial charge in [-0.1, -0.05) is 26.8 Å². The van der Waals surface area contributed by atoms with Crippen LogP contribution >= 0.6 is 0 Å². The van der Waals surface area contributed by atoms with E-state index in [4.69, 9.17) is 4.74 Å². The molecule has 2 aliphatic rings. The van der Waals surface area contributed by atoms with Crippen molar-refractivity contribution in [3.8, 4) is 5.75 Å². The van der Waals surface area contributed by atoms with E-state index in [1.54, 1.807) is 18.2 Å². The summed E-state index contributed by atoms with van der Waals surface area (Å²) in [5.74, 6) is 1.18. The van der Waals surface area contributed by atoms with Gasteiger partial charge in [0.1, 0.15) is 5.82 Å². The van der Waals surface area contributed by atoms with Crippen LogP contribution in [-0.2, 0) is 22.5 Å². The molecule has 0 bridgehead atoms. The highest BCUT2D eigenvalue weighted by atomic mass is 32.2. The van der Waals surface area contributed by atoms with Gasteiger partial charge < -0.3 is 14.6 Å². The summed E-state index contributed by atoms with van der Waals surface area (Å²) in [5, 5.41) is 4.78. The highest BCUT2D eigenvalue weighted by Crippen LogP contribution is 2.50. The molecule has 12 heteroatoms. The predicted octanol–water partition coefficient (Wildman–Crippen LogP) is 4.36. The minimum atomic E-state index is -3.57. The molecule has 1 amide bonds. The maximum absolute atomic E-state index is 13.5. The first kappa shape index (κ1) is 28.5. The Labute approximate surface area is 241 Å². The summed E-state index contributed by atoms with van der Waals surface area (Å²) in [7, 11) is -0.135. The molecule has 11 nitrogen and oxygen atoms in total. The second-order valence-electron chi connectivity index (χ2n) is 11.4. The molecule has 0 saturated heterocycles. The largest absolute Gasteiger partial charge is 0.492 e. The zero-order valence-corrected chi connectivity index (χ0v) is 25.2. The number of aromatic nitrogens is 2. The zero-order valence-electron chi connectivity index (χ0n) is 24.4. The van der Waals surface area contributed by atoms with Crippen LogP contribution in [0.1, 0.15) is 72.5 Å². The fourth-order valence-electron chi connectivity index (χ4n) is 5.03. The Morgan fingerprint density at radius 1 is 1.17 bits per heavy atom. The number of carbonyl (C=O) groups is 1. The molecule has 0 spiro atoms. The Balaban J connectivity index is 1.44. The van der Waals surface area contributed by atoms with Crippen LogP contribution in [0.5, 0.6) is 5.75 Å². The molecule has 3 aromatic rings. The lowest BCUT2D eigenvalue weighted by molar-refractivity contribution is 0.102. The molecule has 2 aromatic carbocycles. The van der Waals surface area contributed by atoms with Crippen molar-refractivity contribution in [3.05, 3.63) is 70.9 Å². The smallest absolute Gasteiger partial charge is 0.255 e. The van der Waals surface area contributed by atoms with Crippen molar-refractivity contribution >= 4 is 38.7 Å². The normalized spacial score (nSPS) is 15.9.